The number of hydrazone groups is 1. The molecule has 0 saturated carbocycles. The second-order valence-corrected chi connectivity index (χ2v) is 8.44. The zero-order valence-corrected chi connectivity index (χ0v) is 20.7. The maximum absolute atomic E-state index is 12.9. The van der Waals surface area contributed by atoms with E-state index in [9.17, 15) is 9.59 Å². The zero-order valence-electron chi connectivity index (χ0n) is 19.2. The van der Waals surface area contributed by atoms with Crippen molar-refractivity contribution in [3.8, 4) is 11.5 Å². The lowest BCUT2D eigenvalue weighted by atomic mass is 10.1. The molecule has 0 aromatic heterocycles. The Bertz CT molecular complexity index is 1190. The molecule has 2 amide bonds. The molecule has 3 aromatic carbocycles. The van der Waals surface area contributed by atoms with Crippen LogP contribution in [0.3, 0.4) is 0 Å². The van der Waals surface area contributed by atoms with E-state index >= 15 is 0 Å². The van der Waals surface area contributed by atoms with Gasteiger partial charge in [0.1, 0.15) is 17.5 Å². The number of rotatable bonds is 10. The average molecular weight is 514 g/mol. The minimum Gasteiger partial charge on any atom is -0.497 e. The molecule has 2 N–H and O–H groups in total. The van der Waals surface area contributed by atoms with Crippen LogP contribution in [0.2, 0.25) is 10.0 Å². The smallest absolute Gasteiger partial charge is 0.262 e. The van der Waals surface area contributed by atoms with Gasteiger partial charge in [-0.1, -0.05) is 65.7 Å². The number of ether oxygens (including phenoxy) is 2. The van der Waals surface area contributed by atoms with Crippen LogP contribution in [0, 0.1) is 0 Å². The third-order valence-electron chi connectivity index (χ3n) is 4.96. The Morgan fingerprint density at radius 2 is 1.77 bits per heavy atom. The second-order valence-electron chi connectivity index (χ2n) is 7.60. The van der Waals surface area contributed by atoms with E-state index in [1.54, 1.807) is 32.2 Å². The highest BCUT2D eigenvalue weighted by atomic mass is 35.5. The van der Waals surface area contributed by atoms with E-state index < -0.39 is 24.0 Å². The van der Waals surface area contributed by atoms with Crippen LogP contribution in [-0.4, -0.2) is 37.3 Å². The van der Waals surface area contributed by atoms with Gasteiger partial charge >= 0.3 is 0 Å². The summed E-state index contributed by atoms with van der Waals surface area (Å²) in [6.45, 7) is 1.57. The van der Waals surface area contributed by atoms with E-state index in [-0.39, 0.29) is 11.4 Å². The molecule has 0 fully saturated rings. The Kier molecular flexibility index (Phi) is 9.52. The monoisotopic (exact) mass is 513 g/mol. The van der Waals surface area contributed by atoms with E-state index in [1.165, 1.54) is 12.3 Å². The highest BCUT2D eigenvalue weighted by Gasteiger charge is 2.25. The molecule has 9 heteroatoms. The van der Waals surface area contributed by atoms with Crippen LogP contribution in [0.1, 0.15) is 18.1 Å². The molecule has 0 bridgehead atoms. The Morgan fingerprint density at radius 3 is 2.49 bits per heavy atom. The van der Waals surface area contributed by atoms with Crippen molar-refractivity contribution in [3.63, 3.8) is 0 Å². The topological polar surface area (TPSA) is 89.0 Å². The van der Waals surface area contributed by atoms with Gasteiger partial charge in [0.2, 0.25) is 0 Å². The zero-order chi connectivity index (χ0) is 25.2. The van der Waals surface area contributed by atoms with Gasteiger partial charge in [-0.25, -0.2) is 5.43 Å². The first-order chi connectivity index (χ1) is 16.9. The van der Waals surface area contributed by atoms with Crippen molar-refractivity contribution in [1.82, 2.24) is 10.7 Å². The van der Waals surface area contributed by atoms with Gasteiger partial charge in [0.05, 0.1) is 18.3 Å². The summed E-state index contributed by atoms with van der Waals surface area (Å²) >= 11 is 12.1. The molecule has 0 aliphatic heterocycles. The first-order valence-electron chi connectivity index (χ1n) is 10.8. The maximum Gasteiger partial charge on any atom is 0.262 e. The highest BCUT2D eigenvalue weighted by Crippen LogP contribution is 2.28. The van der Waals surface area contributed by atoms with Crippen molar-refractivity contribution in [2.45, 2.75) is 25.5 Å². The molecule has 3 rings (SSSR count). The fraction of sp³-hybridized carbons (Fsp3) is 0.192. The van der Waals surface area contributed by atoms with Crippen molar-refractivity contribution in [3.05, 3.63) is 94.0 Å². The van der Waals surface area contributed by atoms with E-state index in [2.05, 4.69) is 15.8 Å². The number of methoxy groups -OCH3 is 1. The van der Waals surface area contributed by atoms with Crippen LogP contribution in [-0.2, 0) is 16.0 Å². The Morgan fingerprint density at radius 1 is 1.00 bits per heavy atom. The van der Waals surface area contributed by atoms with Crippen LogP contribution in [0.4, 0.5) is 0 Å². The molecule has 0 spiro atoms. The van der Waals surface area contributed by atoms with Crippen molar-refractivity contribution in [2.75, 3.05) is 7.11 Å². The highest BCUT2D eigenvalue weighted by molar-refractivity contribution is 6.35. The normalized spacial score (nSPS) is 12.6. The van der Waals surface area contributed by atoms with Gasteiger partial charge in [-0.2, -0.15) is 5.10 Å². The molecule has 7 nitrogen and oxygen atoms in total. The number of halogens is 2. The predicted molar refractivity (Wildman–Crippen MR) is 137 cm³/mol. The number of carbonyl (C=O) groups is 2. The van der Waals surface area contributed by atoms with Crippen LogP contribution in [0.25, 0.3) is 0 Å². The molecule has 3 aromatic rings. The fourth-order valence-electron chi connectivity index (χ4n) is 3.13. The lowest BCUT2D eigenvalue weighted by Crippen LogP contribution is -2.50. The Hall–Kier alpha value is -3.55. The van der Waals surface area contributed by atoms with Crippen molar-refractivity contribution in [1.29, 1.82) is 0 Å². The largest absolute Gasteiger partial charge is 0.497 e. The number of amides is 2. The summed E-state index contributed by atoms with van der Waals surface area (Å²) in [5.74, 6) is 0.0249. The lowest BCUT2D eigenvalue weighted by molar-refractivity contribution is -0.132. The van der Waals surface area contributed by atoms with E-state index in [0.29, 0.717) is 16.5 Å². The SMILES string of the molecule is COc1cccc(/C=N\NC(=O)[C@@H](Cc2ccccc2)NC(=O)[C@@H](C)Oc2ccc(Cl)cc2Cl)c1. The molecular formula is C26H25Cl2N3O4. The molecule has 35 heavy (non-hydrogen) atoms. The summed E-state index contributed by atoms with van der Waals surface area (Å²) in [5.41, 5.74) is 4.12. The summed E-state index contributed by atoms with van der Waals surface area (Å²) in [6.07, 6.45) is 0.845. The second kappa shape index (κ2) is 12.8. The van der Waals surface area contributed by atoms with Crippen molar-refractivity contribution < 1.29 is 19.1 Å². The number of nitrogens with zero attached hydrogens (tertiary/aromatic N) is 1. The number of nitrogens with one attached hydrogen (secondary N) is 2. The maximum atomic E-state index is 12.9. The molecule has 0 aliphatic carbocycles. The molecule has 2 atom stereocenters. The molecule has 182 valence electrons. The number of hydrogen-bond acceptors (Lipinski definition) is 5. The minimum absolute atomic E-state index is 0.265. The van der Waals surface area contributed by atoms with Gasteiger partial charge in [-0.05, 0) is 48.4 Å². The Labute approximate surface area is 214 Å². The van der Waals surface area contributed by atoms with Crippen molar-refractivity contribution >= 4 is 41.2 Å². The molecule has 0 radical (unpaired) electrons. The summed E-state index contributed by atoms with van der Waals surface area (Å²) < 4.78 is 10.9. The minimum atomic E-state index is -0.917. The summed E-state index contributed by atoms with van der Waals surface area (Å²) in [6, 6.07) is 20.4. The van der Waals surface area contributed by atoms with E-state index in [0.717, 1.165) is 11.1 Å². The van der Waals surface area contributed by atoms with Crippen LogP contribution in [0.15, 0.2) is 77.9 Å². The van der Waals surface area contributed by atoms with E-state index in [1.807, 2.05) is 48.5 Å². The molecule has 0 aliphatic rings. The Balaban J connectivity index is 1.68. The van der Waals surface area contributed by atoms with Gasteiger partial charge in [0.15, 0.2) is 6.10 Å². The number of benzene rings is 3. The van der Waals surface area contributed by atoms with Gasteiger partial charge in [-0.15, -0.1) is 0 Å². The van der Waals surface area contributed by atoms with E-state index in [4.69, 9.17) is 32.7 Å². The third-order valence-corrected chi connectivity index (χ3v) is 5.50. The van der Waals surface area contributed by atoms with Crippen molar-refractivity contribution in [2.24, 2.45) is 5.10 Å². The predicted octanol–water partition coefficient (Wildman–Crippen LogP) is 4.65. The first-order valence-corrected chi connectivity index (χ1v) is 11.5. The first kappa shape index (κ1) is 26.1. The molecular weight excluding hydrogens is 489 g/mol. The summed E-state index contributed by atoms with van der Waals surface area (Å²) in [7, 11) is 1.57. The fourth-order valence-corrected chi connectivity index (χ4v) is 3.59. The van der Waals surface area contributed by atoms with Crippen LogP contribution in [0.5, 0.6) is 11.5 Å². The third kappa shape index (κ3) is 8.02. The average Bonchev–Trinajstić information content (AvgIpc) is 2.86. The van der Waals surface area contributed by atoms with Gasteiger partial charge in [0.25, 0.3) is 11.8 Å². The quantitative estimate of drug-likeness (QED) is 0.305. The van der Waals surface area contributed by atoms with Crippen LogP contribution >= 0.6 is 23.2 Å². The molecule has 0 unspecified atom stereocenters. The molecule has 0 heterocycles. The van der Waals surface area contributed by atoms with Gasteiger partial charge < -0.3 is 14.8 Å². The van der Waals surface area contributed by atoms with Crippen LogP contribution < -0.4 is 20.2 Å². The summed E-state index contributed by atoms with van der Waals surface area (Å²) in [5, 5.41) is 7.50. The van der Waals surface area contributed by atoms with Gasteiger partial charge in [0, 0.05) is 11.4 Å². The standard InChI is InChI=1S/C26H25Cl2N3O4/c1-17(35-24-12-11-20(27)15-22(24)28)25(32)30-23(14-18-7-4-3-5-8-18)26(33)31-29-16-19-9-6-10-21(13-19)34-2/h3-13,15-17,23H,14H2,1-2H3,(H,30,32)(H,31,33)/b29-16-/t17-,23-/m1/s1. The molecule has 0 saturated heterocycles. The number of hydrogen-bond donors (Lipinski definition) is 2. The van der Waals surface area contributed by atoms with Gasteiger partial charge in [-0.3, -0.25) is 9.59 Å². The number of carbonyl (C=O) groups excluding carboxylic acids is 2. The lowest BCUT2D eigenvalue weighted by Gasteiger charge is -2.21. The summed E-state index contributed by atoms with van der Waals surface area (Å²) in [4.78, 5) is 25.8.